The van der Waals surface area contributed by atoms with E-state index in [1.54, 1.807) is 7.11 Å². The van der Waals surface area contributed by atoms with E-state index in [0.717, 1.165) is 25.7 Å². The molecule has 98 valence electrons. The van der Waals surface area contributed by atoms with Gasteiger partial charge in [-0.3, -0.25) is 4.79 Å². The van der Waals surface area contributed by atoms with Gasteiger partial charge in [0.2, 0.25) is 0 Å². The van der Waals surface area contributed by atoms with E-state index in [2.05, 4.69) is 0 Å². The van der Waals surface area contributed by atoms with Crippen LogP contribution in [0.25, 0.3) is 0 Å². The van der Waals surface area contributed by atoms with E-state index in [1.807, 2.05) is 0 Å². The van der Waals surface area contributed by atoms with Crippen LogP contribution < -0.4 is 0 Å². The molecule has 0 spiro atoms. The van der Waals surface area contributed by atoms with Gasteiger partial charge in [-0.05, 0) is 38.0 Å². The molecular formula is C14H24O3. The van der Waals surface area contributed by atoms with Gasteiger partial charge in [0.1, 0.15) is 6.10 Å². The van der Waals surface area contributed by atoms with Crippen LogP contribution in [-0.4, -0.2) is 25.3 Å². The van der Waals surface area contributed by atoms with Crippen LogP contribution in [0.3, 0.4) is 0 Å². The van der Waals surface area contributed by atoms with Gasteiger partial charge in [-0.1, -0.05) is 12.8 Å². The largest absolute Gasteiger partial charge is 0.462 e. The van der Waals surface area contributed by atoms with E-state index in [1.165, 1.54) is 25.7 Å². The lowest BCUT2D eigenvalue weighted by atomic mass is 9.95. The number of ether oxygens (including phenoxy) is 2. The fourth-order valence-corrected chi connectivity index (χ4v) is 3.11. The average molecular weight is 240 g/mol. The summed E-state index contributed by atoms with van der Waals surface area (Å²) < 4.78 is 10.9. The van der Waals surface area contributed by atoms with Crippen molar-refractivity contribution in [3.63, 3.8) is 0 Å². The lowest BCUT2D eigenvalue weighted by Crippen LogP contribution is -2.29. The molecule has 2 unspecified atom stereocenters. The molecule has 2 atom stereocenters. The van der Waals surface area contributed by atoms with E-state index < -0.39 is 0 Å². The van der Waals surface area contributed by atoms with Gasteiger partial charge in [0.15, 0.2) is 0 Å². The first kappa shape index (κ1) is 12.9. The smallest absolute Gasteiger partial charge is 0.306 e. The predicted molar refractivity (Wildman–Crippen MR) is 65.7 cm³/mol. The first-order valence-electron chi connectivity index (χ1n) is 7.00. The highest BCUT2D eigenvalue weighted by Crippen LogP contribution is 2.29. The summed E-state index contributed by atoms with van der Waals surface area (Å²) in [5.74, 6) is 0.600. The van der Waals surface area contributed by atoms with E-state index in [0.29, 0.717) is 12.3 Å². The van der Waals surface area contributed by atoms with Crippen LogP contribution in [0, 0.1) is 5.92 Å². The molecule has 2 rings (SSSR count). The van der Waals surface area contributed by atoms with Crippen LogP contribution in [0.1, 0.15) is 57.8 Å². The third-order valence-electron chi connectivity index (χ3n) is 4.14. The van der Waals surface area contributed by atoms with Crippen LogP contribution >= 0.6 is 0 Å². The van der Waals surface area contributed by atoms with Gasteiger partial charge >= 0.3 is 5.97 Å². The Morgan fingerprint density at radius 3 is 2.47 bits per heavy atom. The Hall–Kier alpha value is -0.570. The van der Waals surface area contributed by atoms with Crippen molar-refractivity contribution in [1.29, 1.82) is 0 Å². The van der Waals surface area contributed by atoms with Crippen molar-refractivity contribution in [1.82, 2.24) is 0 Å². The summed E-state index contributed by atoms with van der Waals surface area (Å²) in [6.45, 7) is 0. The SMILES string of the molecule is COC1CCCC(OC(=O)CC2CCCC2)C1. The molecule has 0 N–H and O–H groups in total. The van der Waals surface area contributed by atoms with E-state index in [-0.39, 0.29) is 18.2 Å². The minimum absolute atomic E-state index is 0.0126. The van der Waals surface area contributed by atoms with Gasteiger partial charge in [-0.2, -0.15) is 0 Å². The quantitative estimate of drug-likeness (QED) is 0.708. The first-order valence-corrected chi connectivity index (χ1v) is 7.00. The molecule has 3 nitrogen and oxygen atoms in total. The summed E-state index contributed by atoms with van der Waals surface area (Å²) in [7, 11) is 1.74. The minimum Gasteiger partial charge on any atom is -0.462 e. The highest BCUT2D eigenvalue weighted by atomic mass is 16.5. The Bertz CT molecular complexity index is 246. The summed E-state index contributed by atoms with van der Waals surface area (Å²) in [5.41, 5.74) is 0. The molecule has 2 saturated carbocycles. The highest BCUT2D eigenvalue weighted by molar-refractivity contribution is 5.69. The van der Waals surface area contributed by atoms with E-state index >= 15 is 0 Å². The molecule has 2 fully saturated rings. The normalized spacial score (nSPS) is 30.4. The fraction of sp³-hybridized carbons (Fsp3) is 0.929. The minimum atomic E-state index is 0.0126. The van der Waals surface area contributed by atoms with E-state index in [9.17, 15) is 4.79 Å². The maximum absolute atomic E-state index is 11.8. The maximum Gasteiger partial charge on any atom is 0.306 e. The molecule has 0 radical (unpaired) electrons. The molecule has 2 aliphatic carbocycles. The summed E-state index contributed by atoms with van der Waals surface area (Å²) >= 11 is 0. The number of carbonyl (C=O) groups is 1. The molecule has 0 heterocycles. The van der Waals surface area contributed by atoms with Gasteiger partial charge in [0.05, 0.1) is 6.10 Å². The molecule has 0 bridgehead atoms. The van der Waals surface area contributed by atoms with Crippen molar-refractivity contribution < 1.29 is 14.3 Å². The van der Waals surface area contributed by atoms with Gasteiger partial charge in [0.25, 0.3) is 0 Å². The molecule has 0 aliphatic heterocycles. The predicted octanol–water partition coefficient (Wildman–Crippen LogP) is 3.07. The monoisotopic (exact) mass is 240 g/mol. The molecule has 0 aromatic heterocycles. The second-order valence-electron chi connectivity index (χ2n) is 5.49. The van der Waals surface area contributed by atoms with Crippen LogP contribution in [0.4, 0.5) is 0 Å². The Morgan fingerprint density at radius 1 is 1.06 bits per heavy atom. The summed E-state index contributed by atoms with van der Waals surface area (Å²) in [6, 6.07) is 0. The number of esters is 1. The van der Waals surface area contributed by atoms with E-state index in [4.69, 9.17) is 9.47 Å². The molecule has 0 aromatic carbocycles. The zero-order chi connectivity index (χ0) is 12.1. The highest BCUT2D eigenvalue weighted by Gasteiger charge is 2.26. The molecule has 0 amide bonds. The number of carbonyl (C=O) groups excluding carboxylic acids is 1. The topological polar surface area (TPSA) is 35.5 Å². The third kappa shape index (κ3) is 3.98. The summed E-state index contributed by atoms with van der Waals surface area (Å²) in [5, 5.41) is 0. The Morgan fingerprint density at radius 2 is 1.76 bits per heavy atom. The number of hydrogen-bond acceptors (Lipinski definition) is 3. The van der Waals surface area contributed by atoms with Gasteiger partial charge in [-0.25, -0.2) is 0 Å². The molecule has 0 saturated heterocycles. The summed E-state index contributed by atoms with van der Waals surface area (Å²) in [4.78, 5) is 11.8. The van der Waals surface area contributed by atoms with Crippen LogP contribution in [0.2, 0.25) is 0 Å². The van der Waals surface area contributed by atoms with Gasteiger partial charge in [0, 0.05) is 20.0 Å². The third-order valence-corrected chi connectivity index (χ3v) is 4.14. The van der Waals surface area contributed by atoms with Crippen LogP contribution in [0.5, 0.6) is 0 Å². The molecular weight excluding hydrogens is 216 g/mol. The molecule has 3 heteroatoms. The van der Waals surface area contributed by atoms with Gasteiger partial charge < -0.3 is 9.47 Å². The molecule has 0 aromatic rings. The van der Waals surface area contributed by atoms with Crippen molar-refractivity contribution in [3.8, 4) is 0 Å². The number of rotatable bonds is 4. The second-order valence-corrected chi connectivity index (χ2v) is 5.49. The molecule has 17 heavy (non-hydrogen) atoms. The lowest BCUT2D eigenvalue weighted by Gasteiger charge is -2.28. The second kappa shape index (κ2) is 6.39. The zero-order valence-electron chi connectivity index (χ0n) is 10.8. The zero-order valence-corrected chi connectivity index (χ0v) is 10.8. The average Bonchev–Trinajstić information content (AvgIpc) is 2.82. The standard InChI is InChI=1S/C14H24O3/c1-16-12-7-4-8-13(10-12)17-14(15)9-11-5-2-3-6-11/h11-13H,2-10H2,1H3. The Kier molecular flexibility index (Phi) is 4.84. The Balaban J connectivity index is 1.70. The Labute approximate surface area is 104 Å². The number of methoxy groups -OCH3 is 1. The van der Waals surface area contributed by atoms with Crippen LogP contribution in [-0.2, 0) is 14.3 Å². The fourth-order valence-electron chi connectivity index (χ4n) is 3.11. The molecule has 2 aliphatic rings. The van der Waals surface area contributed by atoms with Crippen molar-refractivity contribution in [2.45, 2.75) is 70.0 Å². The number of hydrogen-bond donors (Lipinski definition) is 0. The van der Waals surface area contributed by atoms with Crippen molar-refractivity contribution in [3.05, 3.63) is 0 Å². The summed E-state index contributed by atoms with van der Waals surface area (Å²) in [6.07, 6.45) is 10.1. The van der Waals surface area contributed by atoms with Crippen LogP contribution in [0.15, 0.2) is 0 Å². The maximum atomic E-state index is 11.8. The lowest BCUT2D eigenvalue weighted by molar-refractivity contribution is -0.153. The van der Waals surface area contributed by atoms with Crippen molar-refractivity contribution in [2.24, 2.45) is 5.92 Å². The van der Waals surface area contributed by atoms with Gasteiger partial charge in [-0.15, -0.1) is 0 Å². The van der Waals surface area contributed by atoms with Crippen molar-refractivity contribution >= 4 is 5.97 Å². The van der Waals surface area contributed by atoms with Crippen molar-refractivity contribution in [2.75, 3.05) is 7.11 Å². The first-order chi connectivity index (χ1) is 8.28.